The van der Waals surface area contributed by atoms with E-state index in [0.29, 0.717) is 6.54 Å². The first-order valence-corrected chi connectivity index (χ1v) is 8.34. The number of aromatic nitrogens is 2. The summed E-state index contributed by atoms with van der Waals surface area (Å²) in [6, 6.07) is 12.1. The molecular weight excluding hydrogens is 306 g/mol. The highest BCUT2D eigenvalue weighted by atomic mass is 32.1. The minimum absolute atomic E-state index is 0.0253. The number of amides is 1. The first-order chi connectivity index (χ1) is 11.1. The molecule has 0 saturated heterocycles. The van der Waals surface area contributed by atoms with Gasteiger partial charge in [0, 0.05) is 28.1 Å². The number of hydrogen-bond acceptors (Lipinski definition) is 3. The van der Waals surface area contributed by atoms with Crippen molar-refractivity contribution in [3.05, 3.63) is 75.2 Å². The highest BCUT2D eigenvalue weighted by molar-refractivity contribution is 7.12. The molecule has 3 rings (SSSR count). The van der Waals surface area contributed by atoms with E-state index in [-0.39, 0.29) is 5.91 Å². The Morgan fingerprint density at radius 3 is 2.70 bits per heavy atom. The van der Waals surface area contributed by atoms with Gasteiger partial charge in [-0.1, -0.05) is 30.3 Å². The van der Waals surface area contributed by atoms with Crippen molar-refractivity contribution in [2.24, 2.45) is 0 Å². The maximum absolute atomic E-state index is 12.2. The van der Waals surface area contributed by atoms with E-state index in [9.17, 15) is 4.79 Å². The van der Waals surface area contributed by atoms with Gasteiger partial charge in [0.25, 0.3) is 5.91 Å². The number of carbonyl (C=O) groups is 1. The van der Waals surface area contributed by atoms with E-state index >= 15 is 0 Å². The van der Waals surface area contributed by atoms with E-state index in [0.717, 1.165) is 27.4 Å². The molecule has 0 fully saturated rings. The number of benzene rings is 1. The summed E-state index contributed by atoms with van der Waals surface area (Å²) >= 11 is 1.65. The minimum atomic E-state index is -0.0253. The molecule has 5 heteroatoms. The van der Waals surface area contributed by atoms with Crippen molar-refractivity contribution in [1.82, 2.24) is 15.1 Å². The Balaban J connectivity index is 1.59. The zero-order valence-corrected chi connectivity index (χ0v) is 14.1. The van der Waals surface area contributed by atoms with Crippen LogP contribution in [0.25, 0.3) is 0 Å². The SMILES string of the molecule is Cc1cc(C(=O)NCc2cnn(Cc3ccccc3)c2)c(C)s1. The summed E-state index contributed by atoms with van der Waals surface area (Å²) in [5.74, 6) is -0.0253. The molecule has 0 aliphatic rings. The molecule has 1 N–H and O–H groups in total. The van der Waals surface area contributed by atoms with Gasteiger partial charge in [-0.2, -0.15) is 5.10 Å². The zero-order valence-electron chi connectivity index (χ0n) is 13.2. The van der Waals surface area contributed by atoms with Gasteiger partial charge in [-0.15, -0.1) is 11.3 Å². The van der Waals surface area contributed by atoms with Gasteiger partial charge < -0.3 is 5.32 Å². The fourth-order valence-corrected chi connectivity index (χ4v) is 3.41. The second-order valence-electron chi connectivity index (χ2n) is 5.54. The standard InChI is InChI=1S/C18H19N3OS/c1-13-8-17(14(2)23-13)18(22)19-9-16-10-20-21(12-16)11-15-6-4-3-5-7-15/h3-8,10,12H,9,11H2,1-2H3,(H,19,22). The summed E-state index contributed by atoms with van der Waals surface area (Å²) in [5, 5.41) is 7.31. The lowest BCUT2D eigenvalue weighted by Crippen LogP contribution is -2.22. The number of rotatable bonds is 5. The molecule has 2 heterocycles. The van der Waals surface area contributed by atoms with E-state index in [1.54, 1.807) is 17.5 Å². The normalized spacial score (nSPS) is 10.7. The first kappa shape index (κ1) is 15.5. The number of nitrogens with zero attached hydrogens (tertiary/aromatic N) is 2. The average molecular weight is 325 g/mol. The third kappa shape index (κ3) is 3.87. The Morgan fingerprint density at radius 1 is 1.22 bits per heavy atom. The second-order valence-corrected chi connectivity index (χ2v) is 7.00. The largest absolute Gasteiger partial charge is 0.348 e. The van der Waals surface area contributed by atoms with Gasteiger partial charge in [0.1, 0.15) is 0 Å². The summed E-state index contributed by atoms with van der Waals surface area (Å²) < 4.78 is 1.89. The van der Waals surface area contributed by atoms with E-state index in [1.165, 1.54) is 5.56 Å². The van der Waals surface area contributed by atoms with Crippen LogP contribution in [-0.4, -0.2) is 15.7 Å². The molecule has 0 saturated carbocycles. The van der Waals surface area contributed by atoms with E-state index in [4.69, 9.17) is 0 Å². The summed E-state index contributed by atoms with van der Waals surface area (Å²) in [7, 11) is 0. The van der Waals surface area contributed by atoms with Crippen molar-refractivity contribution in [3.63, 3.8) is 0 Å². The van der Waals surface area contributed by atoms with Crippen LogP contribution in [0.3, 0.4) is 0 Å². The molecule has 0 unspecified atom stereocenters. The highest BCUT2D eigenvalue weighted by Crippen LogP contribution is 2.20. The second kappa shape index (κ2) is 6.79. The van der Waals surface area contributed by atoms with Crippen LogP contribution in [0, 0.1) is 13.8 Å². The van der Waals surface area contributed by atoms with Crippen LogP contribution in [0.4, 0.5) is 0 Å². The van der Waals surface area contributed by atoms with Crippen LogP contribution in [0.2, 0.25) is 0 Å². The maximum Gasteiger partial charge on any atom is 0.252 e. The highest BCUT2D eigenvalue weighted by Gasteiger charge is 2.11. The topological polar surface area (TPSA) is 46.9 Å². The fraction of sp³-hybridized carbons (Fsp3) is 0.222. The van der Waals surface area contributed by atoms with Crippen LogP contribution >= 0.6 is 11.3 Å². The maximum atomic E-state index is 12.2. The molecule has 0 radical (unpaired) electrons. The third-order valence-electron chi connectivity index (χ3n) is 3.61. The number of hydrogen-bond donors (Lipinski definition) is 1. The molecule has 1 aromatic carbocycles. The van der Waals surface area contributed by atoms with Gasteiger partial charge in [0.15, 0.2) is 0 Å². The van der Waals surface area contributed by atoms with Crippen LogP contribution in [0.5, 0.6) is 0 Å². The quantitative estimate of drug-likeness (QED) is 0.780. The molecule has 0 bridgehead atoms. The number of nitrogens with one attached hydrogen (secondary N) is 1. The van der Waals surface area contributed by atoms with Gasteiger partial charge in [-0.05, 0) is 25.5 Å². The van der Waals surface area contributed by atoms with Crippen LogP contribution in [0.1, 0.15) is 31.2 Å². The molecule has 2 aromatic heterocycles. The predicted molar refractivity (Wildman–Crippen MR) is 92.7 cm³/mol. The molecule has 0 atom stereocenters. The molecule has 118 valence electrons. The molecular formula is C18H19N3OS. The summed E-state index contributed by atoms with van der Waals surface area (Å²) in [5.41, 5.74) is 2.97. The van der Waals surface area contributed by atoms with Crippen molar-refractivity contribution in [2.75, 3.05) is 0 Å². The number of aryl methyl sites for hydroxylation is 2. The van der Waals surface area contributed by atoms with Crippen molar-refractivity contribution in [3.8, 4) is 0 Å². The summed E-state index contributed by atoms with van der Waals surface area (Å²) in [4.78, 5) is 14.4. The van der Waals surface area contributed by atoms with Gasteiger partial charge in [-0.25, -0.2) is 0 Å². The van der Waals surface area contributed by atoms with Crippen molar-refractivity contribution >= 4 is 17.2 Å². The van der Waals surface area contributed by atoms with E-state index in [2.05, 4.69) is 22.5 Å². The van der Waals surface area contributed by atoms with Crippen LogP contribution in [-0.2, 0) is 13.1 Å². The Kier molecular flexibility index (Phi) is 4.57. The number of carbonyl (C=O) groups excluding carboxylic acids is 1. The Bertz CT molecular complexity index is 805. The monoisotopic (exact) mass is 325 g/mol. The smallest absolute Gasteiger partial charge is 0.252 e. The van der Waals surface area contributed by atoms with Gasteiger partial charge >= 0.3 is 0 Å². The molecule has 4 nitrogen and oxygen atoms in total. The molecule has 0 aliphatic carbocycles. The zero-order chi connectivity index (χ0) is 16.2. The van der Waals surface area contributed by atoms with Crippen molar-refractivity contribution < 1.29 is 4.79 Å². The van der Waals surface area contributed by atoms with E-state index < -0.39 is 0 Å². The predicted octanol–water partition coefficient (Wildman–Crippen LogP) is 3.54. The molecule has 23 heavy (non-hydrogen) atoms. The van der Waals surface area contributed by atoms with Crippen molar-refractivity contribution in [2.45, 2.75) is 26.9 Å². The van der Waals surface area contributed by atoms with Crippen LogP contribution in [0.15, 0.2) is 48.8 Å². The lowest BCUT2D eigenvalue weighted by atomic mass is 10.2. The third-order valence-corrected chi connectivity index (χ3v) is 4.58. The minimum Gasteiger partial charge on any atom is -0.348 e. The van der Waals surface area contributed by atoms with E-state index in [1.807, 2.05) is 49.0 Å². The first-order valence-electron chi connectivity index (χ1n) is 7.52. The van der Waals surface area contributed by atoms with Gasteiger partial charge in [-0.3, -0.25) is 9.48 Å². The average Bonchev–Trinajstić information content (AvgIpc) is 3.12. The Morgan fingerprint density at radius 2 is 2.00 bits per heavy atom. The van der Waals surface area contributed by atoms with Crippen molar-refractivity contribution in [1.29, 1.82) is 0 Å². The number of thiophene rings is 1. The summed E-state index contributed by atoms with van der Waals surface area (Å²) in [6.45, 7) is 5.21. The van der Waals surface area contributed by atoms with Gasteiger partial charge in [0.2, 0.25) is 0 Å². The Labute approximate surface area is 139 Å². The van der Waals surface area contributed by atoms with Gasteiger partial charge in [0.05, 0.1) is 18.3 Å². The molecule has 1 amide bonds. The fourth-order valence-electron chi connectivity index (χ4n) is 2.49. The lowest BCUT2D eigenvalue weighted by Gasteiger charge is -2.03. The molecule has 0 spiro atoms. The Hall–Kier alpha value is -2.40. The molecule has 0 aliphatic heterocycles. The van der Waals surface area contributed by atoms with Crippen LogP contribution < -0.4 is 5.32 Å². The summed E-state index contributed by atoms with van der Waals surface area (Å²) in [6.07, 6.45) is 3.77. The lowest BCUT2D eigenvalue weighted by molar-refractivity contribution is 0.0951. The molecule has 3 aromatic rings.